The molecule has 6 aromatic heterocycles. The van der Waals surface area contributed by atoms with Gasteiger partial charge in [-0.3, -0.25) is 19.1 Å². The molecule has 0 aliphatic heterocycles. The molecular weight excluding hydrogens is 544 g/mol. The largest absolute Gasteiger partial charge is 0.276 e. The molecule has 0 radical (unpaired) electrons. The predicted molar refractivity (Wildman–Crippen MR) is 174 cm³/mol. The molecule has 4 aromatic carbocycles. The molecular formula is C36H20N8. The van der Waals surface area contributed by atoms with Crippen LogP contribution >= 0.6 is 0 Å². The second-order valence-electron chi connectivity index (χ2n) is 10.9. The predicted octanol–water partition coefficient (Wildman–Crippen LogP) is 7.71. The molecule has 204 valence electrons. The topological polar surface area (TPSA) is 87.2 Å². The van der Waals surface area contributed by atoms with Gasteiger partial charge in [0, 0.05) is 57.1 Å². The lowest BCUT2D eigenvalue weighted by molar-refractivity contribution is 0.998. The highest BCUT2D eigenvalue weighted by molar-refractivity contribution is 6.23. The summed E-state index contributed by atoms with van der Waals surface area (Å²) in [4.78, 5) is 29.2. The first-order valence-electron chi connectivity index (χ1n) is 14.4. The van der Waals surface area contributed by atoms with Gasteiger partial charge in [-0.1, -0.05) is 60.7 Å². The Kier molecular flexibility index (Phi) is 4.57. The maximum absolute atomic E-state index is 5.26. The second-order valence-corrected chi connectivity index (χ2v) is 10.9. The smallest absolute Gasteiger partial charge is 0.235 e. The van der Waals surface area contributed by atoms with Gasteiger partial charge in [-0.05, 0) is 35.0 Å². The molecule has 0 N–H and O–H groups in total. The lowest BCUT2D eigenvalue weighted by Gasteiger charge is -2.12. The first kappa shape index (κ1) is 23.3. The first-order chi connectivity index (χ1) is 21.8. The van der Waals surface area contributed by atoms with Crippen molar-refractivity contribution >= 4 is 76.2 Å². The van der Waals surface area contributed by atoms with E-state index in [-0.39, 0.29) is 0 Å². The standard InChI is InChI=1S/C36H20N8/c1-2-8-22-21(7-1)27-17-39-35(43-29-11-5-3-9-23(29)25-13-15-37-19-31(25)43)41-33(27)34-28(22)18-40-36(42-34)44-30-12-6-4-10-24(30)26-14-16-38-20-32(26)44/h1-20H. The molecule has 10 rings (SSSR count). The Morgan fingerprint density at radius 2 is 0.773 bits per heavy atom. The van der Waals surface area contributed by atoms with Gasteiger partial charge in [-0.15, -0.1) is 0 Å². The Morgan fingerprint density at radius 1 is 0.364 bits per heavy atom. The number of pyridine rings is 2. The van der Waals surface area contributed by atoms with E-state index in [0.717, 1.165) is 76.2 Å². The van der Waals surface area contributed by atoms with Gasteiger partial charge >= 0.3 is 0 Å². The summed E-state index contributed by atoms with van der Waals surface area (Å²) >= 11 is 0. The van der Waals surface area contributed by atoms with Crippen LogP contribution in [0, 0.1) is 0 Å². The van der Waals surface area contributed by atoms with Crippen molar-refractivity contribution in [2.24, 2.45) is 0 Å². The van der Waals surface area contributed by atoms with Gasteiger partial charge in [0.15, 0.2) is 0 Å². The van der Waals surface area contributed by atoms with Crippen LogP contribution < -0.4 is 0 Å². The molecule has 8 heteroatoms. The number of para-hydroxylation sites is 2. The quantitative estimate of drug-likeness (QED) is 0.200. The molecule has 0 aliphatic carbocycles. The van der Waals surface area contributed by atoms with E-state index in [1.54, 1.807) is 0 Å². The third-order valence-electron chi connectivity index (χ3n) is 8.64. The molecule has 0 aliphatic rings. The maximum Gasteiger partial charge on any atom is 0.235 e. The van der Waals surface area contributed by atoms with Gasteiger partial charge in [-0.2, -0.15) is 0 Å². The fourth-order valence-corrected chi connectivity index (χ4v) is 6.74. The monoisotopic (exact) mass is 564 g/mol. The van der Waals surface area contributed by atoms with Crippen molar-refractivity contribution in [3.05, 3.63) is 122 Å². The lowest BCUT2D eigenvalue weighted by Crippen LogP contribution is -2.04. The average molecular weight is 565 g/mol. The molecule has 0 amide bonds. The SMILES string of the molecule is c1ccc2c(c1)c1cnc(-n3c4ccccc4c4ccncc43)nc1c1nc(-n3c4ccccc4c4ccncc43)ncc21. The van der Waals surface area contributed by atoms with Crippen molar-refractivity contribution in [2.45, 2.75) is 0 Å². The zero-order valence-corrected chi connectivity index (χ0v) is 23.1. The summed E-state index contributed by atoms with van der Waals surface area (Å²) in [5.74, 6) is 1.13. The second kappa shape index (κ2) is 8.62. The Hall–Kier alpha value is -6.28. The highest BCUT2D eigenvalue weighted by Gasteiger charge is 2.19. The maximum atomic E-state index is 5.26. The van der Waals surface area contributed by atoms with E-state index in [9.17, 15) is 0 Å². The van der Waals surface area contributed by atoms with Crippen LogP contribution in [0.3, 0.4) is 0 Å². The fourth-order valence-electron chi connectivity index (χ4n) is 6.74. The molecule has 44 heavy (non-hydrogen) atoms. The van der Waals surface area contributed by atoms with Crippen LogP contribution in [0.4, 0.5) is 0 Å². The number of benzene rings is 4. The van der Waals surface area contributed by atoms with E-state index in [4.69, 9.17) is 19.9 Å². The number of hydrogen-bond donors (Lipinski definition) is 0. The number of hydrogen-bond acceptors (Lipinski definition) is 6. The van der Waals surface area contributed by atoms with Gasteiger partial charge in [0.05, 0.1) is 34.5 Å². The van der Waals surface area contributed by atoms with Crippen LogP contribution in [-0.2, 0) is 0 Å². The van der Waals surface area contributed by atoms with E-state index < -0.39 is 0 Å². The molecule has 6 heterocycles. The summed E-state index contributed by atoms with van der Waals surface area (Å²) in [6.07, 6.45) is 11.2. The van der Waals surface area contributed by atoms with E-state index in [0.29, 0.717) is 11.9 Å². The third-order valence-corrected chi connectivity index (χ3v) is 8.64. The number of fused-ring (bicyclic) bond motifs is 12. The molecule has 0 unspecified atom stereocenters. The molecule has 0 bridgehead atoms. The molecule has 8 nitrogen and oxygen atoms in total. The van der Waals surface area contributed by atoms with Gasteiger partial charge in [0.25, 0.3) is 0 Å². The van der Waals surface area contributed by atoms with Crippen molar-refractivity contribution < 1.29 is 0 Å². The molecule has 10 aromatic rings. The molecule has 0 spiro atoms. The number of nitrogens with zero attached hydrogens (tertiary/aromatic N) is 8. The minimum absolute atomic E-state index is 0.564. The Labute approximate surface area is 248 Å². The Balaban J connectivity index is 1.33. The van der Waals surface area contributed by atoms with Crippen LogP contribution in [0.5, 0.6) is 0 Å². The minimum Gasteiger partial charge on any atom is -0.276 e. The van der Waals surface area contributed by atoms with Crippen molar-refractivity contribution in [3.63, 3.8) is 0 Å². The summed E-state index contributed by atoms with van der Waals surface area (Å²) in [6, 6.07) is 29.0. The average Bonchev–Trinajstić information content (AvgIpc) is 3.61. The van der Waals surface area contributed by atoms with E-state index >= 15 is 0 Å². The van der Waals surface area contributed by atoms with Crippen molar-refractivity contribution in [1.29, 1.82) is 0 Å². The van der Waals surface area contributed by atoms with Crippen LogP contribution in [0.15, 0.2) is 122 Å². The summed E-state index contributed by atoms with van der Waals surface area (Å²) < 4.78 is 4.16. The summed E-state index contributed by atoms with van der Waals surface area (Å²) in [7, 11) is 0. The zero-order valence-electron chi connectivity index (χ0n) is 23.1. The van der Waals surface area contributed by atoms with Gasteiger partial charge in [0.1, 0.15) is 11.0 Å². The van der Waals surface area contributed by atoms with Gasteiger partial charge < -0.3 is 0 Å². The summed E-state index contributed by atoms with van der Waals surface area (Å²) in [5.41, 5.74) is 5.47. The highest BCUT2D eigenvalue weighted by atomic mass is 15.2. The molecule has 0 atom stereocenters. The summed E-state index contributed by atoms with van der Waals surface area (Å²) in [5, 5.41) is 8.45. The van der Waals surface area contributed by atoms with Gasteiger partial charge in [-0.25, -0.2) is 19.9 Å². The zero-order chi connectivity index (χ0) is 28.8. The van der Waals surface area contributed by atoms with E-state index in [1.807, 2.05) is 73.6 Å². The fraction of sp³-hybridized carbons (Fsp3) is 0. The van der Waals surface area contributed by atoms with Crippen molar-refractivity contribution in [3.8, 4) is 11.9 Å². The molecule has 0 saturated carbocycles. The van der Waals surface area contributed by atoms with Crippen molar-refractivity contribution in [2.75, 3.05) is 0 Å². The minimum atomic E-state index is 0.564. The lowest BCUT2D eigenvalue weighted by atomic mass is 10.0. The third kappa shape index (κ3) is 3.06. The van der Waals surface area contributed by atoms with Crippen LogP contribution in [0.1, 0.15) is 0 Å². The Bertz CT molecular complexity index is 2500. The van der Waals surface area contributed by atoms with Crippen LogP contribution in [0.2, 0.25) is 0 Å². The first-order valence-corrected chi connectivity index (χ1v) is 14.4. The summed E-state index contributed by atoms with van der Waals surface area (Å²) in [6.45, 7) is 0. The van der Waals surface area contributed by atoms with E-state index in [2.05, 4.69) is 67.6 Å². The normalized spacial score (nSPS) is 12.1. The molecule has 0 fully saturated rings. The van der Waals surface area contributed by atoms with Crippen LogP contribution in [-0.4, -0.2) is 39.0 Å². The highest BCUT2D eigenvalue weighted by Crippen LogP contribution is 2.36. The van der Waals surface area contributed by atoms with Crippen LogP contribution in [0.25, 0.3) is 88.1 Å². The Morgan fingerprint density at radius 3 is 1.25 bits per heavy atom. The van der Waals surface area contributed by atoms with Gasteiger partial charge in [0.2, 0.25) is 11.9 Å². The van der Waals surface area contributed by atoms with E-state index in [1.165, 1.54) is 0 Å². The number of aromatic nitrogens is 8. The number of rotatable bonds is 2. The van der Waals surface area contributed by atoms with Crippen molar-refractivity contribution in [1.82, 2.24) is 39.0 Å². The molecule has 0 saturated heterocycles.